The highest BCUT2D eigenvalue weighted by atomic mass is 33.1. The summed E-state index contributed by atoms with van der Waals surface area (Å²) >= 11 is 0. The van der Waals surface area contributed by atoms with Gasteiger partial charge in [0.1, 0.15) is 84.4 Å². The van der Waals surface area contributed by atoms with Crippen molar-refractivity contribution < 1.29 is 96.5 Å². The zero-order chi connectivity index (χ0) is 94.2. The molecule has 13 atom stereocenters. The second-order valence-electron chi connectivity index (χ2n) is 32.6. The summed E-state index contributed by atoms with van der Waals surface area (Å²) < 4.78 is 2.51. The van der Waals surface area contributed by atoms with Crippen molar-refractivity contribution in [3.63, 3.8) is 0 Å². The zero-order valence-corrected chi connectivity index (χ0v) is 74.6. The average Bonchev–Trinajstić information content (AvgIpc) is 1.62. The summed E-state index contributed by atoms with van der Waals surface area (Å²) in [6, 6.07) is 4.09. The number of benzene rings is 4. The maximum atomic E-state index is 16.3. The Kier molecular flexibility index (Phi) is 40.2. The van der Waals surface area contributed by atoms with E-state index in [9.17, 15) is 63.0 Å². The predicted octanol–water partition coefficient (Wildman–Crippen LogP) is -2.23. The molecule has 6 rings (SSSR count). The number of carbonyl (C=O) groups excluding carboxylic acids is 17. The molecular weight excluding hydrogens is 1690 g/mol. The number of primary amides is 3. The number of H-pyrrole nitrogens is 1. The maximum Gasteiger partial charge on any atom is 0.312 e. The van der Waals surface area contributed by atoms with Gasteiger partial charge in [-0.05, 0) is 158 Å². The van der Waals surface area contributed by atoms with E-state index in [0.717, 1.165) is 53.3 Å². The molecule has 127 heavy (non-hydrogen) atoms. The highest BCUT2D eigenvalue weighted by Gasteiger charge is 2.47. The van der Waals surface area contributed by atoms with Gasteiger partial charge in [-0.2, -0.15) is 0 Å². The third-order valence-corrected chi connectivity index (χ3v) is 25.3. The molecule has 0 spiro atoms. The van der Waals surface area contributed by atoms with Crippen molar-refractivity contribution in [2.45, 2.75) is 240 Å². The van der Waals surface area contributed by atoms with Gasteiger partial charge in [0, 0.05) is 79.3 Å². The molecule has 1 saturated heterocycles. The number of Topliss-reactive ketones (excluding diaryl/α,β-unsaturated/α-hetero) is 1. The highest BCUT2D eigenvalue weighted by molar-refractivity contribution is 8.77. The molecule has 0 aliphatic carbocycles. The minimum atomic E-state index is -2.04. The Morgan fingerprint density at radius 3 is 1.81 bits per heavy atom. The molecule has 40 nitrogen and oxygen atoms in total. The lowest BCUT2D eigenvalue weighted by atomic mass is 9.91. The lowest BCUT2D eigenvalue weighted by molar-refractivity contribution is -0.138. The van der Waals surface area contributed by atoms with Crippen LogP contribution in [0.2, 0.25) is 0 Å². The van der Waals surface area contributed by atoms with Crippen molar-refractivity contribution >= 4 is 144 Å². The zero-order valence-electron chi connectivity index (χ0n) is 73.0. The molecule has 1 aliphatic heterocycles. The van der Waals surface area contributed by atoms with Crippen molar-refractivity contribution in [2.24, 2.45) is 28.7 Å². The fourth-order valence-corrected chi connectivity index (χ4v) is 16.7. The van der Waals surface area contributed by atoms with Crippen LogP contribution < -0.4 is 108 Å². The van der Waals surface area contributed by atoms with Crippen LogP contribution in [0.1, 0.15) is 149 Å². The molecule has 4 aromatic carbocycles. The van der Waals surface area contributed by atoms with E-state index >= 15 is 28.8 Å². The number of nitrogens with two attached hydrogens (primary N) is 5. The Hall–Kier alpha value is -12.0. The van der Waals surface area contributed by atoms with Crippen molar-refractivity contribution in [2.75, 3.05) is 39.4 Å². The maximum absolute atomic E-state index is 16.3. The van der Waals surface area contributed by atoms with Gasteiger partial charge in [0.15, 0.2) is 5.78 Å². The molecule has 27 N–H and O–H groups in total. The number of aliphatic hydroxyl groups excluding tert-OH is 2. The molecule has 0 radical (unpaired) electrons. The minimum absolute atomic E-state index is 0.0996. The Bertz CT molecular complexity index is 4760. The third-order valence-electron chi connectivity index (χ3n) is 21.0. The fourth-order valence-electron chi connectivity index (χ4n) is 13.9. The van der Waals surface area contributed by atoms with Gasteiger partial charge < -0.3 is 123 Å². The number of fused-ring (bicyclic) bond motifs is 2. The number of nitrogens with one attached hydrogen (secondary N) is 15. The van der Waals surface area contributed by atoms with E-state index in [1.807, 2.05) is 31.2 Å². The number of unbranched alkanes of at least 4 members (excludes halogenated alkanes) is 2. The van der Waals surface area contributed by atoms with Crippen molar-refractivity contribution in [3.05, 3.63) is 113 Å². The lowest BCUT2D eigenvalue weighted by Crippen LogP contribution is -2.65. The largest absolute Gasteiger partial charge is 0.492 e. The molecular formula is C85H122N20O20S2. The molecule has 5 aromatic rings. The van der Waals surface area contributed by atoms with Gasteiger partial charge in [-0.3, -0.25) is 76.7 Å². The van der Waals surface area contributed by atoms with Crippen molar-refractivity contribution in [3.8, 4) is 5.75 Å². The fraction of sp³-hybridized carbons (Fsp3) is 0.518. The summed E-state index contributed by atoms with van der Waals surface area (Å²) in [6.07, 6.45) is -2.96. The van der Waals surface area contributed by atoms with Crippen molar-refractivity contribution in [1.29, 1.82) is 0 Å². The van der Waals surface area contributed by atoms with Crippen LogP contribution >= 0.6 is 21.6 Å². The van der Waals surface area contributed by atoms with Crippen LogP contribution in [0, 0.1) is 6.92 Å². The monoisotopic (exact) mass is 1810 g/mol. The molecule has 1 fully saturated rings. The van der Waals surface area contributed by atoms with Crippen LogP contribution in [0.4, 0.5) is 4.79 Å². The topological polar surface area (TPSA) is 654 Å². The Labute approximate surface area is 743 Å². The van der Waals surface area contributed by atoms with Crippen LogP contribution in [-0.4, -0.2) is 243 Å². The van der Waals surface area contributed by atoms with Crippen LogP contribution in [0.25, 0.3) is 21.7 Å². The first-order valence-electron chi connectivity index (χ1n) is 41.7. The number of para-hydroxylation sites is 1. The van der Waals surface area contributed by atoms with Crippen LogP contribution in [0.3, 0.4) is 0 Å². The summed E-state index contributed by atoms with van der Waals surface area (Å²) in [7, 11) is 1.76. The van der Waals surface area contributed by atoms with Crippen LogP contribution in [-0.2, 0) is 96.0 Å². The molecule has 1 aromatic heterocycles. The Morgan fingerprint density at radius 1 is 0.583 bits per heavy atom. The second-order valence-corrected chi connectivity index (χ2v) is 36.1. The standard InChI is InChI=1S/C85H122N20O20S2/c1-45-19-17-22-56-54(43-93-67(45)56)40-61-74(116)95-57(24-18-35-92-82(90)124)72(114)104-70(84(8,9)127-126-83(6,7)69(94-49(5)110)79(121)100-63(42-66(89)112)76(118)103-68(47(3)108)78(120)98-61)80(122)99-59(38-50-26-29-55(30-27-50)125-36-33-87)73(115)96-60(39-51-25-28-52-20-11-12-21-53(52)37-51)77(119)105-85(10,31-14-15-32-86)81(123)102-58(23-13-16-34-91-48(4)109)71(113)97-62(41-65(88)111)75(117)101-64(44-106)46(2)107/h11-12,17,19-22,25-30,37,43,47,57-64,68-70,93,106,108H,13-16,18,23-24,31-36,38-42,44,86-87H2,1-10H3,(H2,88,111)(H2,89,112)(H,91,109)(H,94,110)(H,95,116)(H,96,115)(H,97,113)(H,98,120)(H,99,122)(H,100,121)(H,101,117)(H,102,123)(H,103,118)(H,104,114)(H,105,119)(H3,90,92,124)/t47-,57+,58+,59+,60+,61+,62+,63+,64?,68+,69-,70-,85+/m1/s1. The SMILES string of the molecule is CC(=O)NCCCC[C@H](NC(=O)[C@](C)(CCCCN)NC(=O)[C@H](Cc1ccc2ccccc2c1)NC(=O)[C@H](Cc1ccc(OCCN)cc1)NC(=O)[C@H]1NC(=O)[C@H](CCCNC(N)=O)NC(=O)[C@H](Cc2c[nH]c3c(C)cccc23)NC(=O)[C@H]([C@@H](C)O)NC(=O)[C@H](CC(N)=O)NC(=O)[C@@H](NC(C)=O)C(C)(C)SSC1(C)C)C(=O)N[C@@H](CC(N)=O)C(=O)NC(CO)C(C)=O. The van der Waals surface area contributed by atoms with E-state index in [-0.39, 0.29) is 103 Å². The summed E-state index contributed by atoms with van der Waals surface area (Å²) in [5.41, 5.74) is 29.1. The number of aromatic nitrogens is 1. The number of hydrogen-bond acceptors (Lipinski definition) is 24. The molecule has 1 unspecified atom stereocenters. The van der Waals surface area contributed by atoms with Crippen LogP contribution in [0.5, 0.6) is 5.75 Å². The predicted molar refractivity (Wildman–Crippen MR) is 475 cm³/mol. The quantitative estimate of drug-likeness (QED) is 0.0145. The second kappa shape index (κ2) is 49.2. The van der Waals surface area contributed by atoms with E-state index in [4.69, 9.17) is 33.4 Å². The molecule has 694 valence electrons. The first-order valence-corrected chi connectivity index (χ1v) is 43.8. The Morgan fingerprint density at radius 2 is 1.18 bits per heavy atom. The number of aryl methyl sites for hydroxylation is 1. The summed E-state index contributed by atoms with van der Waals surface area (Å²) in [5, 5.41) is 59.8. The molecule has 42 heteroatoms. The number of hydrogen-bond donors (Lipinski definition) is 22. The van der Waals surface area contributed by atoms with Gasteiger partial charge in [0.2, 0.25) is 88.6 Å². The number of ketones is 1. The van der Waals surface area contributed by atoms with Gasteiger partial charge >= 0.3 is 6.03 Å². The van der Waals surface area contributed by atoms with Gasteiger partial charge in [0.25, 0.3) is 0 Å². The van der Waals surface area contributed by atoms with Gasteiger partial charge in [-0.15, -0.1) is 0 Å². The minimum Gasteiger partial charge on any atom is -0.492 e. The number of urea groups is 1. The average molecular weight is 1810 g/mol. The van der Waals surface area contributed by atoms with E-state index in [0.29, 0.717) is 38.7 Å². The lowest BCUT2D eigenvalue weighted by Gasteiger charge is -2.39. The molecule has 0 saturated carbocycles. The highest BCUT2D eigenvalue weighted by Crippen LogP contribution is 2.47. The molecule has 0 bridgehead atoms. The molecule has 17 amide bonds. The van der Waals surface area contributed by atoms with Gasteiger partial charge in [-0.1, -0.05) is 94.4 Å². The first kappa shape index (κ1) is 104. The normalized spacial score (nSPS) is 19.4. The first-order chi connectivity index (χ1) is 59.9. The number of amides is 17. The number of aromatic amines is 1. The summed E-state index contributed by atoms with van der Waals surface area (Å²) in [4.78, 5) is 245. The van der Waals surface area contributed by atoms with E-state index in [2.05, 4.69) is 79.4 Å². The molecule has 1 aliphatic rings. The Balaban J connectivity index is 1.54. The van der Waals surface area contributed by atoms with Crippen molar-refractivity contribution in [1.82, 2.24) is 79.4 Å². The smallest absolute Gasteiger partial charge is 0.312 e. The number of rotatable bonds is 42. The number of aliphatic hydroxyl groups is 2. The van der Waals surface area contributed by atoms with Crippen LogP contribution in [0.15, 0.2) is 91.1 Å². The molecule has 2 heterocycles. The number of carbonyl (C=O) groups is 17. The van der Waals surface area contributed by atoms with E-state index in [1.165, 1.54) is 41.5 Å². The number of ether oxygens (including phenoxy) is 1. The summed E-state index contributed by atoms with van der Waals surface area (Å²) in [5.74, 6) is -15.5. The summed E-state index contributed by atoms with van der Waals surface area (Å²) in [6.45, 7) is 13.3. The van der Waals surface area contributed by atoms with E-state index in [1.54, 1.807) is 66.9 Å². The third kappa shape index (κ3) is 32.4. The van der Waals surface area contributed by atoms with E-state index < -0.39 is 208 Å². The van der Waals surface area contributed by atoms with Gasteiger partial charge in [-0.25, -0.2) is 4.79 Å². The van der Waals surface area contributed by atoms with Gasteiger partial charge in [0.05, 0.1) is 25.6 Å².